The number of carbonyl (C=O) groups is 1. The predicted molar refractivity (Wildman–Crippen MR) is 67.7 cm³/mol. The third-order valence-electron chi connectivity index (χ3n) is 2.70. The molecule has 0 atom stereocenters. The van der Waals surface area contributed by atoms with E-state index in [0.29, 0.717) is 13.0 Å². The van der Waals surface area contributed by atoms with Crippen LogP contribution in [0.1, 0.15) is 23.1 Å². The zero-order valence-corrected chi connectivity index (χ0v) is 10.5. The third-order valence-corrected chi connectivity index (χ3v) is 2.70. The Bertz CT molecular complexity index is 376. The van der Waals surface area contributed by atoms with E-state index in [0.717, 1.165) is 16.8 Å². The Labute approximate surface area is 97.2 Å². The first-order valence-electron chi connectivity index (χ1n) is 5.52. The maximum atomic E-state index is 11.8. The molecule has 1 aromatic rings. The summed E-state index contributed by atoms with van der Waals surface area (Å²) in [4.78, 5) is 13.5. The fourth-order valence-electron chi connectivity index (χ4n) is 2.12. The van der Waals surface area contributed by atoms with Gasteiger partial charge in [0.05, 0.1) is 0 Å². The van der Waals surface area contributed by atoms with Crippen molar-refractivity contribution in [2.24, 2.45) is 5.73 Å². The van der Waals surface area contributed by atoms with Crippen LogP contribution in [0, 0.1) is 20.8 Å². The molecule has 0 radical (unpaired) electrons. The minimum absolute atomic E-state index is 0.0672. The van der Waals surface area contributed by atoms with Gasteiger partial charge in [-0.2, -0.15) is 0 Å². The van der Waals surface area contributed by atoms with Crippen LogP contribution in [-0.4, -0.2) is 19.5 Å². The van der Waals surface area contributed by atoms with E-state index >= 15 is 0 Å². The fourth-order valence-corrected chi connectivity index (χ4v) is 2.12. The lowest BCUT2D eigenvalue weighted by molar-refractivity contribution is -0.118. The van der Waals surface area contributed by atoms with Gasteiger partial charge >= 0.3 is 0 Å². The van der Waals surface area contributed by atoms with E-state index in [2.05, 4.69) is 19.1 Å². The first-order valence-corrected chi connectivity index (χ1v) is 5.52. The highest BCUT2D eigenvalue weighted by Gasteiger charge is 2.14. The van der Waals surface area contributed by atoms with Gasteiger partial charge in [-0.05, 0) is 31.9 Å². The van der Waals surface area contributed by atoms with Gasteiger partial charge in [0.1, 0.15) is 0 Å². The van der Waals surface area contributed by atoms with Crippen LogP contribution in [0.15, 0.2) is 12.1 Å². The van der Waals surface area contributed by atoms with E-state index in [-0.39, 0.29) is 5.91 Å². The first kappa shape index (κ1) is 12.7. The van der Waals surface area contributed by atoms with Crippen molar-refractivity contribution in [3.05, 3.63) is 28.8 Å². The molecule has 0 heterocycles. The maximum Gasteiger partial charge on any atom is 0.228 e. The molecule has 0 unspecified atom stereocenters. The highest BCUT2D eigenvalue weighted by molar-refractivity contribution is 5.94. The molecule has 0 spiro atoms. The number of rotatable bonds is 3. The molecule has 1 amide bonds. The number of amides is 1. The van der Waals surface area contributed by atoms with Crippen LogP contribution in [0.25, 0.3) is 0 Å². The molecule has 0 aliphatic heterocycles. The quantitative estimate of drug-likeness (QED) is 0.846. The van der Waals surface area contributed by atoms with Crippen molar-refractivity contribution in [3.63, 3.8) is 0 Å². The Kier molecular flexibility index (Phi) is 4.07. The van der Waals surface area contributed by atoms with Gasteiger partial charge in [0.2, 0.25) is 5.91 Å². The van der Waals surface area contributed by atoms with Gasteiger partial charge in [0.25, 0.3) is 0 Å². The summed E-state index contributed by atoms with van der Waals surface area (Å²) in [5, 5.41) is 0. The average Bonchev–Trinajstić information content (AvgIpc) is 2.16. The van der Waals surface area contributed by atoms with Crippen LogP contribution < -0.4 is 10.6 Å². The normalized spacial score (nSPS) is 10.3. The summed E-state index contributed by atoms with van der Waals surface area (Å²) in [7, 11) is 1.81. The van der Waals surface area contributed by atoms with Crippen molar-refractivity contribution < 1.29 is 4.79 Å². The summed E-state index contributed by atoms with van der Waals surface area (Å²) >= 11 is 0. The highest BCUT2D eigenvalue weighted by atomic mass is 16.2. The second-order valence-corrected chi connectivity index (χ2v) is 4.24. The van der Waals surface area contributed by atoms with Gasteiger partial charge in [0.15, 0.2) is 0 Å². The molecule has 0 bridgehead atoms. The number of hydrogen-bond acceptors (Lipinski definition) is 2. The van der Waals surface area contributed by atoms with Gasteiger partial charge in [0, 0.05) is 25.7 Å². The number of hydrogen-bond donors (Lipinski definition) is 1. The smallest absolute Gasteiger partial charge is 0.228 e. The van der Waals surface area contributed by atoms with E-state index in [9.17, 15) is 4.79 Å². The molecule has 0 saturated carbocycles. The van der Waals surface area contributed by atoms with Crippen molar-refractivity contribution in [1.29, 1.82) is 0 Å². The molecule has 0 aromatic heterocycles. The highest BCUT2D eigenvalue weighted by Crippen LogP contribution is 2.25. The second kappa shape index (κ2) is 5.12. The van der Waals surface area contributed by atoms with Gasteiger partial charge in [-0.15, -0.1) is 0 Å². The lowest BCUT2D eigenvalue weighted by Gasteiger charge is -2.22. The van der Waals surface area contributed by atoms with Crippen LogP contribution in [0.3, 0.4) is 0 Å². The third kappa shape index (κ3) is 2.61. The van der Waals surface area contributed by atoms with Crippen LogP contribution in [0.4, 0.5) is 5.69 Å². The molecular weight excluding hydrogens is 200 g/mol. The van der Waals surface area contributed by atoms with Crippen molar-refractivity contribution in [2.45, 2.75) is 27.2 Å². The maximum absolute atomic E-state index is 11.8. The van der Waals surface area contributed by atoms with Crippen LogP contribution in [-0.2, 0) is 4.79 Å². The van der Waals surface area contributed by atoms with Crippen molar-refractivity contribution in [3.8, 4) is 0 Å². The number of benzene rings is 1. The molecule has 0 aliphatic carbocycles. The number of carbonyl (C=O) groups excluding carboxylic acids is 1. The number of nitrogens with zero attached hydrogens (tertiary/aromatic N) is 1. The SMILES string of the molecule is Cc1cc(C)c(N(C)C(=O)CCN)c(C)c1. The average molecular weight is 220 g/mol. The largest absolute Gasteiger partial charge is 0.330 e. The molecule has 1 rings (SSSR count). The molecule has 88 valence electrons. The molecule has 0 saturated heterocycles. The number of nitrogens with two attached hydrogens (primary N) is 1. The topological polar surface area (TPSA) is 46.3 Å². The Hall–Kier alpha value is -1.35. The summed E-state index contributed by atoms with van der Waals surface area (Å²) in [5.74, 6) is 0.0672. The van der Waals surface area contributed by atoms with Crippen LogP contribution in [0.2, 0.25) is 0 Å². The zero-order chi connectivity index (χ0) is 12.3. The Morgan fingerprint density at radius 1 is 1.25 bits per heavy atom. The molecule has 0 fully saturated rings. The zero-order valence-electron chi connectivity index (χ0n) is 10.5. The van der Waals surface area contributed by atoms with Gasteiger partial charge in [-0.3, -0.25) is 4.79 Å². The van der Waals surface area contributed by atoms with Crippen LogP contribution in [0.5, 0.6) is 0 Å². The predicted octanol–water partition coefficient (Wildman–Crippen LogP) is 1.92. The second-order valence-electron chi connectivity index (χ2n) is 4.24. The van der Waals surface area contributed by atoms with E-state index in [1.54, 1.807) is 4.90 Å². The number of aryl methyl sites for hydroxylation is 3. The Morgan fingerprint density at radius 3 is 2.19 bits per heavy atom. The molecule has 0 aliphatic rings. The van der Waals surface area contributed by atoms with Crippen molar-refractivity contribution >= 4 is 11.6 Å². The summed E-state index contributed by atoms with van der Waals surface area (Å²) < 4.78 is 0. The lowest BCUT2D eigenvalue weighted by atomic mass is 10.0. The molecule has 2 N–H and O–H groups in total. The van der Waals surface area contributed by atoms with E-state index < -0.39 is 0 Å². The summed E-state index contributed by atoms with van der Waals surface area (Å²) in [6, 6.07) is 4.18. The monoisotopic (exact) mass is 220 g/mol. The van der Waals surface area contributed by atoms with E-state index in [1.807, 2.05) is 20.9 Å². The first-order chi connectivity index (χ1) is 7.47. The standard InChI is InChI=1S/C13H20N2O/c1-9-7-10(2)13(11(3)8-9)15(4)12(16)5-6-14/h7-8H,5-6,14H2,1-4H3. The van der Waals surface area contributed by atoms with Gasteiger partial charge in [-0.1, -0.05) is 17.7 Å². The minimum Gasteiger partial charge on any atom is -0.330 e. The summed E-state index contributed by atoms with van der Waals surface area (Å²) in [6.45, 7) is 6.52. The molecule has 16 heavy (non-hydrogen) atoms. The van der Waals surface area contributed by atoms with Crippen LogP contribution >= 0.6 is 0 Å². The molecule has 3 nitrogen and oxygen atoms in total. The fraction of sp³-hybridized carbons (Fsp3) is 0.462. The molecule has 3 heteroatoms. The van der Waals surface area contributed by atoms with Crippen molar-refractivity contribution in [1.82, 2.24) is 0 Å². The Balaban J connectivity index is 3.08. The van der Waals surface area contributed by atoms with Gasteiger partial charge < -0.3 is 10.6 Å². The minimum atomic E-state index is 0.0672. The van der Waals surface area contributed by atoms with Crippen molar-refractivity contribution in [2.75, 3.05) is 18.5 Å². The molecule has 1 aromatic carbocycles. The Morgan fingerprint density at radius 2 is 1.75 bits per heavy atom. The molecular formula is C13H20N2O. The van der Waals surface area contributed by atoms with Gasteiger partial charge in [-0.25, -0.2) is 0 Å². The van der Waals surface area contributed by atoms with E-state index in [4.69, 9.17) is 5.73 Å². The number of anilines is 1. The summed E-state index contributed by atoms with van der Waals surface area (Å²) in [5.41, 5.74) is 9.88. The lowest BCUT2D eigenvalue weighted by Crippen LogP contribution is -2.29. The van der Waals surface area contributed by atoms with E-state index in [1.165, 1.54) is 5.56 Å². The summed E-state index contributed by atoms with van der Waals surface area (Å²) in [6.07, 6.45) is 0.392.